The van der Waals surface area contributed by atoms with E-state index in [0.29, 0.717) is 25.8 Å². The van der Waals surface area contributed by atoms with E-state index in [-0.39, 0.29) is 12.5 Å². The highest BCUT2D eigenvalue weighted by Gasteiger charge is 2.30. The number of hydrogen-bond acceptors (Lipinski definition) is 5. The minimum absolute atomic E-state index is 0.207. The minimum atomic E-state index is -0.721. The molecule has 2 amide bonds. The fourth-order valence-electron chi connectivity index (χ4n) is 2.43. The summed E-state index contributed by atoms with van der Waals surface area (Å²) in [5.41, 5.74) is -0.321. The second kappa shape index (κ2) is 11.6. The number of esters is 1. The normalized spacial score (nSPS) is 12.6. The van der Waals surface area contributed by atoms with Gasteiger partial charge >= 0.3 is 12.1 Å². The summed E-state index contributed by atoms with van der Waals surface area (Å²) < 4.78 is 10.6. The molecule has 0 aromatic heterocycles. The molecular formula is C23H36N2O5. The van der Waals surface area contributed by atoms with E-state index in [9.17, 15) is 14.4 Å². The molecule has 168 valence electrons. The highest BCUT2D eigenvalue weighted by Crippen LogP contribution is 2.16. The fraction of sp³-hybridized carbons (Fsp3) is 0.609. The van der Waals surface area contributed by atoms with Crippen LogP contribution in [0.15, 0.2) is 30.3 Å². The predicted molar refractivity (Wildman–Crippen MR) is 116 cm³/mol. The van der Waals surface area contributed by atoms with Crippen LogP contribution in [0.2, 0.25) is 0 Å². The molecule has 30 heavy (non-hydrogen) atoms. The molecule has 1 rings (SSSR count). The highest BCUT2D eigenvalue weighted by atomic mass is 16.6. The first-order valence-corrected chi connectivity index (χ1v) is 10.4. The molecule has 0 fully saturated rings. The summed E-state index contributed by atoms with van der Waals surface area (Å²) in [5, 5.41) is 5.49. The molecule has 0 unspecified atom stereocenters. The summed E-state index contributed by atoms with van der Waals surface area (Å²) in [4.78, 5) is 36.6. The third kappa shape index (κ3) is 10.8. The second-order valence-corrected chi connectivity index (χ2v) is 9.29. The van der Waals surface area contributed by atoms with Crippen LogP contribution in [0.1, 0.15) is 66.4 Å². The molecular weight excluding hydrogens is 384 g/mol. The average molecular weight is 421 g/mol. The molecule has 1 atom stereocenters. The molecule has 0 saturated carbocycles. The zero-order valence-electron chi connectivity index (χ0n) is 19.0. The van der Waals surface area contributed by atoms with Crippen LogP contribution in [0.4, 0.5) is 4.79 Å². The molecule has 7 heteroatoms. The number of rotatable bonds is 9. The van der Waals surface area contributed by atoms with Gasteiger partial charge in [0, 0.05) is 12.0 Å². The number of ether oxygens (including phenoxy) is 2. The van der Waals surface area contributed by atoms with Gasteiger partial charge in [-0.25, -0.2) is 9.59 Å². The Kier molecular flexibility index (Phi) is 9.82. The van der Waals surface area contributed by atoms with Gasteiger partial charge in [0.05, 0.1) is 0 Å². The molecule has 0 aliphatic carbocycles. The standard InChI is InChI=1S/C23H36N2O5/c1-22(2,3)20(27)25-18(19(26)30-23(4,5)6)14-10-11-15-24-21(28)29-16-17-12-8-7-9-13-17/h7-9,12-13,18H,10-11,14-16H2,1-6H3,(H,24,28)(H,25,27)/t18-/m1/s1. The predicted octanol–water partition coefficient (Wildman–Crippen LogP) is 3.96. The van der Waals surface area contributed by atoms with Crippen molar-refractivity contribution < 1.29 is 23.9 Å². The van der Waals surface area contributed by atoms with Crippen LogP contribution in [0.25, 0.3) is 0 Å². The Bertz CT molecular complexity index is 690. The number of carbonyl (C=O) groups excluding carboxylic acids is 3. The van der Waals surface area contributed by atoms with Gasteiger partial charge in [-0.15, -0.1) is 0 Å². The van der Waals surface area contributed by atoms with Gasteiger partial charge in [-0.05, 0) is 45.6 Å². The van der Waals surface area contributed by atoms with Crippen LogP contribution in [0, 0.1) is 5.41 Å². The van der Waals surface area contributed by atoms with Gasteiger partial charge in [0.25, 0.3) is 0 Å². The Morgan fingerprint density at radius 1 is 0.967 bits per heavy atom. The number of unbranched alkanes of at least 4 members (excludes halogenated alkanes) is 1. The lowest BCUT2D eigenvalue weighted by atomic mass is 9.94. The monoisotopic (exact) mass is 420 g/mol. The Labute approximate surface area is 179 Å². The van der Waals surface area contributed by atoms with Gasteiger partial charge in [-0.2, -0.15) is 0 Å². The topological polar surface area (TPSA) is 93.7 Å². The smallest absolute Gasteiger partial charge is 0.407 e. The fourth-order valence-corrected chi connectivity index (χ4v) is 2.43. The molecule has 2 N–H and O–H groups in total. The van der Waals surface area contributed by atoms with E-state index in [4.69, 9.17) is 9.47 Å². The number of amides is 2. The number of hydrogen-bond donors (Lipinski definition) is 2. The van der Waals surface area contributed by atoms with Crippen molar-refractivity contribution in [3.8, 4) is 0 Å². The summed E-state index contributed by atoms with van der Waals surface area (Å²) in [6.45, 7) is 11.4. The van der Waals surface area contributed by atoms with Gasteiger partial charge < -0.3 is 20.1 Å². The SMILES string of the molecule is CC(C)(C)OC(=O)[C@@H](CCCCNC(=O)OCc1ccccc1)NC(=O)C(C)(C)C. The Hall–Kier alpha value is -2.57. The summed E-state index contributed by atoms with van der Waals surface area (Å²) in [5.74, 6) is -0.656. The lowest BCUT2D eigenvalue weighted by Crippen LogP contribution is -2.47. The molecule has 0 radical (unpaired) electrons. The van der Waals surface area contributed by atoms with Crippen molar-refractivity contribution in [2.45, 2.75) is 79.1 Å². The van der Waals surface area contributed by atoms with Crippen molar-refractivity contribution in [1.29, 1.82) is 0 Å². The third-order valence-corrected chi connectivity index (χ3v) is 4.08. The quantitative estimate of drug-likeness (QED) is 0.466. The largest absolute Gasteiger partial charge is 0.458 e. The zero-order chi connectivity index (χ0) is 22.8. The van der Waals surface area contributed by atoms with E-state index in [1.54, 1.807) is 41.5 Å². The van der Waals surface area contributed by atoms with Crippen LogP contribution < -0.4 is 10.6 Å². The maximum absolute atomic E-state index is 12.5. The van der Waals surface area contributed by atoms with E-state index < -0.39 is 29.1 Å². The molecule has 0 saturated heterocycles. The van der Waals surface area contributed by atoms with Gasteiger partial charge in [0.2, 0.25) is 5.91 Å². The molecule has 0 aliphatic rings. The molecule has 0 spiro atoms. The molecule has 0 bridgehead atoms. The number of alkyl carbamates (subject to hydrolysis) is 1. The van der Waals surface area contributed by atoms with Crippen molar-refractivity contribution in [3.05, 3.63) is 35.9 Å². The Morgan fingerprint density at radius 2 is 1.60 bits per heavy atom. The van der Waals surface area contributed by atoms with Crippen LogP contribution in [0.5, 0.6) is 0 Å². The van der Waals surface area contributed by atoms with Gasteiger partial charge in [0.1, 0.15) is 18.2 Å². The second-order valence-electron chi connectivity index (χ2n) is 9.29. The Morgan fingerprint density at radius 3 is 2.17 bits per heavy atom. The maximum atomic E-state index is 12.5. The van der Waals surface area contributed by atoms with Crippen LogP contribution >= 0.6 is 0 Å². The third-order valence-electron chi connectivity index (χ3n) is 4.08. The van der Waals surface area contributed by atoms with Crippen molar-refractivity contribution in [3.63, 3.8) is 0 Å². The summed E-state index contributed by atoms with van der Waals surface area (Å²) in [6.07, 6.45) is 1.22. The number of benzene rings is 1. The van der Waals surface area contributed by atoms with E-state index in [2.05, 4.69) is 10.6 Å². The molecule has 1 aromatic rings. The van der Waals surface area contributed by atoms with E-state index in [1.807, 2.05) is 30.3 Å². The lowest BCUT2D eigenvalue weighted by molar-refractivity contribution is -0.159. The van der Waals surface area contributed by atoms with Gasteiger partial charge in [0.15, 0.2) is 0 Å². The molecule has 0 aliphatic heterocycles. The van der Waals surface area contributed by atoms with Crippen LogP contribution in [0.3, 0.4) is 0 Å². The summed E-state index contributed by atoms with van der Waals surface area (Å²) >= 11 is 0. The maximum Gasteiger partial charge on any atom is 0.407 e. The van der Waals surface area contributed by atoms with E-state index in [0.717, 1.165) is 5.56 Å². The van der Waals surface area contributed by atoms with Gasteiger partial charge in [-0.1, -0.05) is 51.1 Å². The van der Waals surface area contributed by atoms with Crippen molar-refractivity contribution >= 4 is 18.0 Å². The van der Waals surface area contributed by atoms with E-state index >= 15 is 0 Å². The minimum Gasteiger partial charge on any atom is -0.458 e. The van der Waals surface area contributed by atoms with E-state index in [1.165, 1.54) is 0 Å². The summed E-state index contributed by atoms with van der Waals surface area (Å²) in [6, 6.07) is 8.72. The average Bonchev–Trinajstić information content (AvgIpc) is 2.63. The lowest BCUT2D eigenvalue weighted by Gasteiger charge is -2.27. The first kappa shape index (κ1) is 25.5. The Balaban J connectivity index is 2.41. The van der Waals surface area contributed by atoms with Crippen molar-refractivity contribution in [2.75, 3.05) is 6.54 Å². The van der Waals surface area contributed by atoms with Gasteiger partial charge in [-0.3, -0.25) is 4.79 Å². The summed E-state index contributed by atoms with van der Waals surface area (Å²) in [7, 11) is 0. The molecule has 7 nitrogen and oxygen atoms in total. The number of carbonyl (C=O) groups is 3. The van der Waals surface area contributed by atoms with Crippen molar-refractivity contribution in [2.24, 2.45) is 5.41 Å². The zero-order valence-corrected chi connectivity index (χ0v) is 19.0. The van der Waals surface area contributed by atoms with Crippen LogP contribution in [-0.2, 0) is 25.7 Å². The first-order chi connectivity index (χ1) is 13.9. The number of nitrogens with one attached hydrogen (secondary N) is 2. The van der Waals surface area contributed by atoms with Crippen LogP contribution in [-0.4, -0.2) is 36.2 Å². The molecule has 1 aromatic carbocycles. The highest BCUT2D eigenvalue weighted by molar-refractivity contribution is 5.87. The van der Waals surface area contributed by atoms with Crippen molar-refractivity contribution in [1.82, 2.24) is 10.6 Å². The molecule has 0 heterocycles. The first-order valence-electron chi connectivity index (χ1n) is 10.4.